The molecule has 372 valence electrons. The fourth-order valence-corrected chi connectivity index (χ4v) is 9.32. The van der Waals surface area contributed by atoms with Gasteiger partial charge in [-0.1, -0.05) is 212 Å². The van der Waals surface area contributed by atoms with Crippen LogP contribution in [0.1, 0.15) is 45.2 Å². The molecule has 72 heavy (non-hydrogen) atoms. The maximum Gasteiger partial charge on any atom is 0.187 e. The van der Waals surface area contributed by atoms with Gasteiger partial charge in [0.1, 0.15) is 48.8 Å². The highest BCUT2D eigenvalue weighted by Crippen LogP contribution is 2.40. The van der Waals surface area contributed by atoms with Crippen LogP contribution in [0, 0.1) is 0 Å². The normalized spacial score (nSPS) is 26.1. The molecule has 3 saturated heterocycles. The van der Waals surface area contributed by atoms with Gasteiger partial charge in [0, 0.05) is 5.56 Å². The van der Waals surface area contributed by atoms with Gasteiger partial charge < -0.3 is 52.1 Å². The van der Waals surface area contributed by atoms with Crippen LogP contribution in [-0.4, -0.2) is 74.6 Å². The molecule has 0 N–H and O–H groups in total. The van der Waals surface area contributed by atoms with Gasteiger partial charge in [-0.2, -0.15) is 0 Å². The summed E-state index contributed by atoms with van der Waals surface area (Å²) >= 11 is 0. The van der Waals surface area contributed by atoms with Crippen molar-refractivity contribution >= 4 is 0 Å². The summed E-state index contributed by atoms with van der Waals surface area (Å²) in [5, 5.41) is 0. The molecule has 0 spiro atoms. The SMILES string of the molecule is c1ccc(COC[C@H]2O[C@@H](OCc3ccccc3)[C@H](OCc3ccccc3)[C@@H](OCc3ccccc3)[C@@H]2O[C@H]2O[C@@H]3COC(c4ccccc4)O[C@H]3[C@H](OCc3ccccc3)[C@@H]2OCc2ccccc2)cc1. The molecule has 1 unspecified atom stereocenters. The van der Waals surface area contributed by atoms with Gasteiger partial charge in [-0.3, -0.25) is 0 Å². The lowest BCUT2D eigenvalue weighted by molar-refractivity contribution is -0.398. The van der Waals surface area contributed by atoms with Gasteiger partial charge >= 0.3 is 0 Å². The van der Waals surface area contributed by atoms with Crippen molar-refractivity contribution < 1.29 is 52.1 Å². The van der Waals surface area contributed by atoms with Gasteiger partial charge in [-0.05, 0) is 33.4 Å². The summed E-state index contributed by atoms with van der Waals surface area (Å²) in [5.41, 5.74) is 6.81. The van der Waals surface area contributed by atoms with E-state index in [0.29, 0.717) is 6.61 Å². The molecule has 0 aliphatic carbocycles. The Hall–Kier alpha value is -5.90. The molecule has 11 atom stereocenters. The van der Waals surface area contributed by atoms with E-state index in [0.717, 1.165) is 38.9 Å². The van der Waals surface area contributed by atoms with Crippen LogP contribution in [0.2, 0.25) is 0 Å². The van der Waals surface area contributed by atoms with Crippen molar-refractivity contribution in [2.45, 2.75) is 107 Å². The fourth-order valence-electron chi connectivity index (χ4n) is 9.32. The molecule has 3 aliphatic rings. The van der Waals surface area contributed by atoms with Crippen molar-refractivity contribution in [2.75, 3.05) is 13.2 Å². The Balaban J connectivity index is 1.03. The monoisotopic (exact) mass is 970 g/mol. The third-order valence-corrected chi connectivity index (χ3v) is 13.0. The van der Waals surface area contributed by atoms with Crippen molar-refractivity contribution in [3.8, 4) is 0 Å². The summed E-state index contributed by atoms with van der Waals surface area (Å²) in [4.78, 5) is 0. The van der Waals surface area contributed by atoms with Crippen LogP contribution < -0.4 is 0 Å². The van der Waals surface area contributed by atoms with E-state index >= 15 is 0 Å². The highest BCUT2D eigenvalue weighted by atomic mass is 16.8. The largest absolute Gasteiger partial charge is 0.374 e. The van der Waals surface area contributed by atoms with Crippen LogP contribution in [0.4, 0.5) is 0 Å². The molecular formula is C61H62O11. The average Bonchev–Trinajstić information content (AvgIpc) is 3.45. The molecule has 0 saturated carbocycles. The predicted octanol–water partition coefficient (Wildman–Crippen LogP) is 10.7. The van der Waals surface area contributed by atoms with Gasteiger partial charge in [0.05, 0.1) is 52.9 Å². The minimum absolute atomic E-state index is 0.120. The van der Waals surface area contributed by atoms with Crippen molar-refractivity contribution in [1.82, 2.24) is 0 Å². The van der Waals surface area contributed by atoms with Crippen LogP contribution in [0.25, 0.3) is 0 Å². The number of hydrogen-bond acceptors (Lipinski definition) is 11. The van der Waals surface area contributed by atoms with Crippen molar-refractivity contribution in [3.63, 3.8) is 0 Å². The Morgan fingerprint density at radius 2 is 0.736 bits per heavy atom. The molecular weight excluding hydrogens is 909 g/mol. The van der Waals surface area contributed by atoms with Gasteiger partial charge in [-0.25, -0.2) is 0 Å². The second-order valence-corrected chi connectivity index (χ2v) is 18.2. The van der Waals surface area contributed by atoms with E-state index in [1.54, 1.807) is 0 Å². The van der Waals surface area contributed by atoms with E-state index in [1.165, 1.54) is 0 Å². The van der Waals surface area contributed by atoms with Gasteiger partial charge in [0.2, 0.25) is 0 Å². The van der Waals surface area contributed by atoms with Crippen LogP contribution in [-0.2, 0) is 91.7 Å². The average molecular weight is 971 g/mol. The minimum Gasteiger partial charge on any atom is -0.374 e. The number of benzene rings is 7. The third-order valence-electron chi connectivity index (χ3n) is 13.0. The van der Waals surface area contributed by atoms with Gasteiger partial charge in [0.15, 0.2) is 18.9 Å². The molecule has 7 aromatic rings. The lowest BCUT2D eigenvalue weighted by Crippen LogP contribution is -2.67. The number of rotatable bonds is 22. The molecule has 0 amide bonds. The zero-order valence-electron chi connectivity index (χ0n) is 40.2. The van der Waals surface area contributed by atoms with Gasteiger partial charge in [-0.15, -0.1) is 0 Å². The van der Waals surface area contributed by atoms with Crippen molar-refractivity contribution in [3.05, 3.63) is 251 Å². The highest BCUT2D eigenvalue weighted by molar-refractivity contribution is 5.20. The Morgan fingerprint density at radius 1 is 0.347 bits per heavy atom. The van der Waals surface area contributed by atoms with Gasteiger partial charge in [0.25, 0.3) is 0 Å². The molecule has 0 radical (unpaired) electrons. The molecule has 11 nitrogen and oxygen atoms in total. The standard InChI is InChI=1S/C61H62O11/c1-8-22-44(23-9-1)36-62-42-51-53(55(63-37-45-24-10-2-11-25-45)57(65-39-47-28-14-4-15-29-47)60(69-51)67-41-49-32-18-6-19-33-49)72-61-58(66-40-48-30-16-5-17-31-48)56(64-38-46-26-12-3-13-27-46)54-52(70-61)43-68-59(71-54)50-34-20-7-21-35-50/h1-35,51-61H,36-43H2/t51-,52-,53-,54-,55+,56+,57-,58+,59?,60-,61-/m1/s1. The Morgan fingerprint density at radius 3 is 1.21 bits per heavy atom. The van der Waals surface area contributed by atoms with Crippen LogP contribution in [0.3, 0.4) is 0 Å². The lowest BCUT2D eigenvalue weighted by Gasteiger charge is -2.51. The summed E-state index contributed by atoms with van der Waals surface area (Å²) in [6.07, 6.45) is -8.59. The Labute approximate surface area is 422 Å². The quantitative estimate of drug-likeness (QED) is 0.0649. The highest BCUT2D eigenvalue weighted by Gasteiger charge is 2.56. The topological polar surface area (TPSA) is 102 Å². The van der Waals surface area contributed by atoms with E-state index in [-0.39, 0.29) is 46.2 Å². The van der Waals surface area contributed by atoms with E-state index in [4.69, 9.17) is 52.1 Å². The molecule has 10 rings (SSSR count). The first-order chi connectivity index (χ1) is 35.7. The molecule has 3 heterocycles. The van der Waals surface area contributed by atoms with Crippen molar-refractivity contribution in [1.29, 1.82) is 0 Å². The summed E-state index contributed by atoms with van der Waals surface area (Å²) in [5.74, 6) is 0. The Bertz CT molecular complexity index is 2600. The van der Waals surface area contributed by atoms with E-state index in [2.05, 4.69) is 0 Å². The molecule has 0 bridgehead atoms. The van der Waals surface area contributed by atoms with Crippen molar-refractivity contribution in [2.24, 2.45) is 0 Å². The summed E-state index contributed by atoms with van der Waals surface area (Å²) < 4.78 is 76.4. The number of hydrogen-bond donors (Lipinski definition) is 0. The predicted molar refractivity (Wildman–Crippen MR) is 270 cm³/mol. The zero-order valence-corrected chi connectivity index (χ0v) is 40.2. The van der Waals surface area contributed by atoms with Crippen LogP contribution >= 0.6 is 0 Å². The molecule has 7 aromatic carbocycles. The fraction of sp³-hybridized carbons (Fsp3) is 0.311. The third kappa shape index (κ3) is 13.4. The smallest absolute Gasteiger partial charge is 0.187 e. The summed E-state index contributed by atoms with van der Waals surface area (Å²) in [6, 6.07) is 70.2. The van der Waals surface area contributed by atoms with Crippen LogP contribution in [0.15, 0.2) is 212 Å². The number of ether oxygens (including phenoxy) is 11. The Kier molecular flexibility index (Phi) is 17.7. The lowest BCUT2D eigenvalue weighted by atomic mass is 9.95. The maximum absolute atomic E-state index is 7.48. The summed E-state index contributed by atoms with van der Waals surface area (Å²) in [7, 11) is 0. The second kappa shape index (κ2) is 25.7. The van der Waals surface area contributed by atoms with E-state index in [9.17, 15) is 0 Å². The van der Waals surface area contributed by atoms with Crippen LogP contribution in [0.5, 0.6) is 0 Å². The molecule has 11 heteroatoms. The summed E-state index contributed by atoms with van der Waals surface area (Å²) in [6.45, 7) is 1.96. The maximum atomic E-state index is 7.48. The first kappa shape index (κ1) is 49.7. The van der Waals surface area contributed by atoms with E-state index < -0.39 is 67.7 Å². The zero-order chi connectivity index (χ0) is 48.6. The minimum atomic E-state index is -1.05. The first-order valence-corrected chi connectivity index (χ1v) is 24.9. The molecule has 0 aromatic heterocycles. The van der Waals surface area contributed by atoms with E-state index in [1.807, 2.05) is 212 Å². The number of fused-ring (bicyclic) bond motifs is 1. The first-order valence-electron chi connectivity index (χ1n) is 24.9. The second-order valence-electron chi connectivity index (χ2n) is 18.2. The molecule has 3 aliphatic heterocycles. The molecule has 3 fully saturated rings.